The van der Waals surface area contributed by atoms with Crippen molar-refractivity contribution in [1.29, 1.82) is 0 Å². The molecule has 1 rings (SSSR count). The number of hydrogen-bond acceptors (Lipinski definition) is 2. The summed E-state index contributed by atoms with van der Waals surface area (Å²) in [7, 11) is 0. The summed E-state index contributed by atoms with van der Waals surface area (Å²) in [5, 5.41) is 0. The van der Waals surface area contributed by atoms with Crippen LogP contribution in [-0.2, 0) is 0 Å². The van der Waals surface area contributed by atoms with Gasteiger partial charge < -0.3 is 9.47 Å². The lowest BCUT2D eigenvalue weighted by molar-refractivity contribution is -0.277. The average Bonchev–Trinajstić information content (AvgIpc) is 2.16. The monoisotopic (exact) mass is 272 g/mol. The second-order valence-electron chi connectivity index (χ2n) is 3.00. The fourth-order valence-corrected chi connectivity index (χ4v) is 1.10. The molecule has 0 spiro atoms. The van der Waals surface area contributed by atoms with Gasteiger partial charge in [0.2, 0.25) is 0 Å². The van der Waals surface area contributed by atoms with Crippen molar-refractivity contribution in [2.24, 2.45) is 0 Å². The summed E-state index contributed by atoms with van der Waals surface area (Å²) in [4.78, 5) is 0. The first-order valence-corrected chi connectivity index (χ1v) is 4.39. The first-order valence-electron chi connectivity index (χ1n) is 4.39. The SMILES string of the molecule is C=Cc1cc(OC(F)(F)F)ccc1OC(F)(F)F. The smallest absolute Gasteiger partial charge is 0.406 e. The van der Waals surface area contributed by atoms with E-state index in [2.05, 4.69) is 16.1 Å². The molecule has 18 heavy (non-hydrogen) atoms. The fraction of sp³-hybridized carbons (Fsp3) is 0.200. The topological polar surface area (TPSA) is 18.5 Å². The Morgan fingerprint density at radius 3 is 1.94 bits per heavy atom. The minimum atomic E-state index is -4.94. The lowest BCUT2D eigenvalue weighted by Gasteiger charge is -2.13. The number of alkyl halides is 6. The zero-order valence-corrected chi connectivity index (χ0v) is 8.60. The number of benzene rings is 1. The van der Waals surface area contributed by atoms with Crippen LogP contribution < -0.4 is 9.47 Å². The Labute approximate surface area is 97.4 Å². The minimum Gasteiger partial charge on any atom is -0.406 e. The highest BCUT2D eigenvalue weighted by Crippen LogP contribution is 2.32. The van der Waals surface area contributed by atoms with Crippen LogP contribution in [0.4, 0.5) is 26.3 Å². The van der Waals surface area contributed by atoms with E-state index in [1.54, 1.807) is 0 Å². The van der Waals surface area contributed by atoms with E-state index in [9.17, 15) is 26.3 Å². The molecule has 0 aliphatic heterocycles. The van der Waals surface area contributed by atoms with Gasteiger partial charge in [-0.15, -0.1) is 26.3 Å². The first-order chi connectivity index (χ1) is 8.11. The van der Waals surface area contributed by atoms with Crippen molar-refractivity contribution >= 4 is 6.08 Å². The first kappa shape index (κ1) is 14.2. The molecule has 100 valence electrons. The lowest BCUT2D eigenvalue weighted by Crippen LogP contribution is -2.19. The van der Waals surface area contributed by atoms with Gasteiger partial charge in [0.05, 0.1) is 0 Å². The predicted molar refractivity (Wildman–Crippen MR) is 49.9 cm³/mol. The second-order valence-corrected chi connectivity index (χ2v) is 3.00. The van der Waals surface area contributed by atoms with Gasteiger partial charge in [-0.2, -0.15) is 0 Å². The molecule has 0 heterocycles. The van der Waals surface area contributed by atoms with Crippen LogP contribution in [0, 0.1) is 0 Å². The molecule has 1 aromatic rings. The van der Waals surface area contributed by atoms with Crippen LogP contribution in [0.2, 0.25) is 0 Å². The molecule has 0 aromatic heterocycles. The molecule has 1 aromatic carbocycles. The summed E-state index contributed by atoms with van der Waals surface area (Å²) < 4.78 is 78.7. The van der Waals surface area contributed by atoms with Gasteiger partial charge in [-0.1, -0.05) is 12.7 Å². The Balaban J connectivity index is 3.00. The normalized spacial score (nSPS) is 12.1. The quantitative estimate of drug-likeness (QED) is 0.770. The lowest BCUT2D eigenvalue weighted by atomic mass is 10.2. The van der Waals surface area contributed by atoms with Gasteiger partial charge in [-0.25, -0.2) is 0 Å². The standard InChI is InChI=1S/C10H6F6O2/c1-2-6-5-7(17-9(11,12)13)3-4-8(6)18-10(14,15)16/h2-5H,1H2. The van der Waals surface area contributed by atoms with E-state index in [4.69, 9.17) is 0 Å². The molecule has 0 aliphatic carbocycles. The van der Waals surface area contributed by atoms with Crippen molar-refractivity contribution in [1.82, 2.24) is 0 Å². The summed E-state index contributed by atoms with van der Waals surface area (Å²) in [5.74, 6) is -1.32. The van der Waals surface area contributed by atoms with Crippen molar-refractivity contribution < 1.29 is 35.8 Å². The van der Waals surface area contributed by atoms with Gasteiger partial charge >= 0.3 is 12.7 Å². The van der Waals surface area contributed by atoms with E-state index in [1.807, 2.05) is 0 Å². The third-order valence-electron chi connectivity index (χ3n) is 1.66. The van der Waals surface area contributed by atoms with Crippen molar-refractivity contribution in [2.45, 2.75) is 12.7 Å². The van der Waals surface area contributed by atoms with Crippen LogP contribution in [0.15, 0.2) is 24.8 Å². The van der Waals surface area contributed by atoms with Crippen molar-refractivity contribution in [3.05, 3.63) is 30.3 Å². The molecule has 0 saturated carbocycles. The average molecular weight is 272 g/mol. The highest BCUT2D eigenvalue weighted by atomic mass is 19.4. The number of hydrogen-bond donors (Lipinski definition) is 0. The largest absolute Gasteiger partial charge is 0.573 e. The molecule has 0 N–H and O–H groups in total. The van der Waals surface area contributed by atoms with E-state index in [0.29, 0.717) is 12.1 Å². The highest BCUT2D eigenvalue weighted by Gasteiger charge is 2.33. The molecule has 0 aliphatic rings. The van der Waals surface area contributed by atoms with Gasteiger partial charge in [0.1, 0.15) is 11.5 Å². The molecule has 0 unspecified atom stereocenters. The Morgan fingerprint density at radius 1 is 0.944 bits per heavy atom. The number of halogens is 6. The minimum absolute atomic E-state index is 0.269. The van der Waals surface area contributed by atoms with E-state index in [-0.39, 0.29) is 5.56 Å². The maximum atomic E-state index is 12.0. The van der Waals surface area contributed by atoms with E-state index < -0.39 is 24.2 Å². The van der Waals surface area contributed by atoms with Gasteiger partial charge in [-0.3, -0.25) is 0 Å². The van der Waals surface area contributed by atoms with Gasteiger partial charge in [-0.05, 0) is 18.2 Å². The Kier molecular flexibility index (Phi) is 3.78. The molecule has 0 radical (unpaired) electrons. The van der Waals surface area contributed by atoms with Gasteiger partial charge in [0.15, 0.2) is 0 Å². The van der Waals surface area contributed by atoms with E-state index in [0.717, 1.165) is 12.1 Å². The molecule has 0 bridgehead atoms. The molecule has 0 atom stereocenters. The van der Waals surface area contributed by atoms with Crippen LogP contribution in [0.5, 0.6) is 11.5 Å². The Morgan fingerprint density at radius 2 is 1.50 bits per heavy atom. The molecule has 2 nitrogen and oxygen atoms in total. The molecule has 0 amide bonds. The van der Waals surface area contributed by atoms with E-state index >= 15 is 0 Å². The predicted octanol–water partition coefficient (Wildman–Crippen LogP) is 4.13. The van der Waals surface area contributed by atoms with Gasteiger partial charge in [0.25, 0.3) is 0 Å². The molecular formula is C10H6F6O2. The summed E-state index contributed by atoms with van der Waals surface area (Å²) >= 11 is 0. The van der Waals surface area contributed by atoms with Crippen molar-refractivity contribution in [3.63, 3.8) is 0 Å². The third kappa shape index (κ3) is 4.56. The van der Waals surface area contributed by atoms with Crippen LogP contribution >= 0.6 is 0 Å². The zero-order chi connectivity index (χ0) is 14.0. The summed E-state index contributed by atoms with van der Waals surface area (Å²) in [6.07, 6.45) is -8.95. The van der Waals surface area contributed by atoms with Crippen molar-refractivity contribution in [3.8, 4) is 11.5 Å². The summed E-state index contributed by atoms with van der Waals surface area (Å²) in [6, 6.07) is 2.16. The van der Waals surface area contributed by atoms with Crippen LogP contribution in [-0.4, -0.2) is 12.7 Å². The second kappa shape index (κ2) is 4.79. The number of ether oxygens (including phenoxy) is 2. The summed E-state index contributed by atoms with van der Waals surface area (Å²) in [5.41, 5.74) is -0.269. The molecule has 0 fully saturated rings. The highest BCUT2D eigenvalue weighted by molar-refractivity contribution is 5.58. The van der Waals surface area contributed by atoms with Crippen LogP contribution in [0.3, 0.4) is 0 Å². The maximum Gasteiger partial charge on any atom is 0.573 e. The fourth-order valence-electron chi connectivity index (χ4n) is 1.10. The zero-order valence-electron chi connectivity index (χ0n) is 8.60. The maximum absolute atomic E-state index is 12.0. The van der Waals surface area contributed by atoms with Gasteiger partial charge in [0, 0.05) is 5.56 Å². The van der Waals surface area contributed by atoms with E-state index in [1.165, 1.54) is 0 Å². The Bertz CT molecular complexity index is 435. The summed E-state index contributed by atoms with van der Waals surface area (Å²) in [6.45, 7) is 3.18. The third-order valence-corrected chi connectivity index (χ3v) is 1.66. The Hall–Kier alpha value is -1.86. The van der Waals surface area contributed by atoms with Crippen molar-refractivity contribution in [2.75, 3.05) is 0 Å². The van der Waals surface area contributed by atoms with Crippen LogP contribution in [0.1, 0.15) is 5.56 Å². The number of rotatable bonds is 3. The molecule has 0 saturated heterocycles. The molecule has 8 heteroatoms. The molecular weight excluding hydrogens is 266 g/mol. The van der Waals surface area contributed by atoms with Crippen LogP contribution in [0.25, 0.3) is 6.08 Å².